The van der Waals surface area contributed by atoms with E-state index in [1.54, 1.807) is 11.3 Å². The highest BCUT2D eigenvalue weighted by Gasteiger charge is 2.40. The second-order valence-electron chi connectivity index (χ2n) is 5.50. The van der Waals surface area contributed by atoms with E-state index in [1.807, 2.05) is 0 Å². The van der Waals surface area contributed by atoms with Gasteiger partial charge in [0.2, 0.25) is 0 Å². The molecule has 1 atom stereocenters. The minimum absolute atomic E-state index is 0.0605. The van der Waals surface area contributed by atoms with Crippen molar-refractivity contribution in [3.05, 3.63) is 22.4 Å². The third kappa shape index (κ3) is 3.80. The maximum atomic E-state index is 6.27. The molecule has 1 unspecified atom stereocenters. The molecule has 0 amide bonds. The summed E-state index contributed by atoms with van der Waals surface area (Å²) in [5, 5.41) is 8.14. The molecule has 1 aromatic rings. The average Bonchev–Trinajstić information content (AvgIpc) is 2.93. The molecule has 3 heteroatoms. The van der Waals surface area contributed by atoms with E-state index in [2.05, 4.69) is 36.0 Å². The van der Waals surface area contributed by atoms with E-state index in [0.717, 1.165) is 19.6 Å². The average molecular weight is 281 g/mol. The number of thiophene rings is 1. The Morgan fingerprint density at radius 2 is 2.11 bits per heavy atom. The monoisotopic (exact) mass is 281 g/mol. The third-order valence-corrected chi connectivity index (χ3v) is 4.97. The van der Waals surface area contributed by atoms with Crippen LogP contribution in [0.25, 0.3) is 0 Å². The fraction of sp³-hybridized carbons (Fsp3) is 0.750. The number of hydrogen-bond donors (Lipinski definition) is 1. The van der Waals surface area contributed by atoms with Gasteiger partial charge in [-0.3, -0.25) is 0 Å². The van der Waals surface area contributed by atoms with Gasteiger partial charge in [-0.15, -0.1) is 0 Å². The molecular formula is C16H27NOS. The van der Waals surface area contributed by atoms with Gasteiger partial charge in [-0.05, 0) is 55.1 Å². The van der Waals surface area contributed by atoms with Crippen molar-refractivity contribution >= 4 is 11.3 Å². The molecule has 1 aromatic heterocycles. The lowest BCUT2D eigenvalue weighted by Crippen LogP contribution is -2.54. The topological polar surface area (TPSA) is 21.3 Å². The summed E-state index contributed by atoms with van der Waals surface area (Å²) in [6.45, 7) is 6.17. The summed E-state index contributed by atoms with van der Waals surface area (Å²) in [7, 11) is 0. The molecule has 2 nitrogen and oxygen atoms in total. The molecule has 108 valence electrons. The van der Waals surface area contributed by atoms with Crippen LogP contribution < -0.4 is 5.32 Å². The predicted molar refractivity (Wildman–Crippen MR) is 82.9 cm³/mol. The lowest BCUT2D eigenvalue weighted by Gasteiger charge is -2.43. The first-order valence-electron chi connectivity index (χ1n) is 7.69. The fourth-order valence-electron chi connectivity index (χ4n) is 3.37. The molecule has 1 heterocycles. The molecule has 0 aliphatic heterocycles. The second kappa shape index (κ2) is 7.41. The predicted octanol–water partition coefficient (Wildman–Crippen LogP) is 4.01. The van der Waals surface area contributed by atoms with E-state index >= 15 is 0 Å². The van der Waals surface area contributed by atoms with Crippen molar-refractivity contribution in [1.29, 1.82) is 0 Å². The Bertz CT molecular complexity index is 338. The first kappa shape index (κ1) is 15.0. The summed E-state index contributed by atoms with van der Waals surface area (Å²) in [5.74, 6) is 0. The third-order valence-electron chi connectivity index (χ3n) is 4.24. The van der Waals surface area contributed by atoms with Crippen LogP contribution in [-0.2, 0) is 11.2 Å². The lowest BCUT2D eigenvalue weighted by molar-refractivity contribution is -0.0894. The van der Waals surface area contributed by atoms with Gasteiger partial charge in [-0.25, -0.2) is 0 Å². The molecule has 2 rings (SSSR count). The van der Waals surface area contributed by atoms with E-state index in [9.17, 15) is 0 Å². The Balaban J connectivity index is 2.12. The van der Waals surface area contributed by atoms with Crippen LogP contribution in [0, 0.1) is 0 Å². The zero-order chi connectivity index (χ0) is 13.6. The van der Waals surface area contributed by atoms with Gasteiger partial charge in [0.15, 0.2) is 0 Å². The largest absolute Gasteiger partial charge is 0.374 e. The fourth-order valence-corrected chi connectivity index (χ4v) is 4.05. The van der Waals surface area contributed by atoms with Crippen LogP contribution in [0.2, 0.25) is 0 Å². The summed E-state index contributed by atoms with van der Waals surface area (Å²) in [6.07, 6.45) is 7.51. The molecule has 1 aliphatic rings. The molecule has 1 fully saturated rings. The van der Waals surface area contributed by atoms with Crippen LogP contribution in [0.1, 0.15) is 51.5 Å². The van der Waals surface area contributed by atoms with E-state index in [-0.39, 0.29) is 5.60 Å². The summed E-state index contributed by atoms with van der Waals surface area (Å²) in [4.78, 5) is 0. The minimum Gasteiger partial charge on any atom is -0.374 e. The maximum absolute atomic E-state index is 6.27. The highest BCUT2D eigenvalue weighted by atomic mass is 32.1. The van der Waals surface area contributed by atoms with Crippen molar-refractivity contribution in [2.45, 2.75) is 64.0 Å². The van der Waals surface area contributed by atoms with Gasteiger partial charge < -0.3 is 10.1 Å². The number of ether oxygens (including phenoxy) is 1. The van der Waals surface area contributed by atoms with E-state index in [0.29, 0.717) is 6.04 Å². The Morgan fingerprint density at radius 1 is 1.32 bits per heavy atom. The zero-order valence-corrected chi connectivity index (χ0v) is 13.1. The van der Waals surface area contributed by atoms with Crippen molar-refractivity contribution < 1.29 is 4.74 Å². The Morgan fingerprint density at radius 3 is 2.68 bits per heavy atom. The zero-order valence-electron chi connectivity index (χ0n) is 12.3. The van der Waals surface area contributed by atoms with E-state index < -0.39 is 0 Å². The van der Waals surface area contributed by atoms with Crippen LogP contribution in [0.5, 0.6) is 0 Å². The number of nitrogens with one attached hydrogen (secondary N) is 1. The molecule has 0 radical (unpaired) electrons. The molecule has 1 N–H and O–H groups in total. The Hall–Kier alpha value is -0.380. The summed E-state index contributed by atoms with van der Waals surface area (Å²) >= 11 is 1.79. The SMILES string of the molecule is CCNC(Cc1ccsc1)C1(OCC)CCCCC1. The van der Waals surface area contributed by atoms with Crippen LogP contribution in [0.15, 0.2) is 16.8 Å². The molecule has 1 saturated carbocycles. The number of rotatable bonds is 7. The first-order chi connectivity index (χ1) is 9.30. The standard InChI is InChI=1S/C16H27NOS/c1-3-17-15(12-14-8-11-19-13-14)16(18-4-2)9-6-5-7-10-16/h8,11,13,15,17H,3-7,9-10,12H2,1-2H3. The van der Waals surface area contributed by atoms with Crippen molar-refractivity contribution in [2.75, 3.05) is 13.2 Å². The van der Waals surface area contributed by atoms with E-state index in [4.69, 9.17) is 4.74 Å². The van der Waals surface area contributed by atoms with Crippen molar-refractivity contribution in [1.82, 2.24) is 5.32 Å². The van der Waals surface area contributed by atoms with E-state index in [1.165, 1.54) is 37.7 Å². The summed E-state index contributed by atoms with van der Waals surface area (Å²) in [6, 6.07) is 2.70. The van der Waals surface area contributed by atoms with Gasteiger partial charge in [-0.1, -0.05) is 26.2 Å². The van der Waals surface area contributed by atoms with Crippen LogP contribution in [0.3, 0.4) is 0 Å². The first-order valence-corrected chi connectivity index (χ1v) is 8.63. The molecule has 0 aromatic carbocycles. The van der Waals surface area contributed by atoms with Gasteiger partial charge in [-0.2, -0.15) is 11.3 Å². The van der Waals surface area contributed by atoms with Gasteiger partial charge in [0.1, 0.15) is 0 Å². The van der Waals surface area contributed by atoms with Crippen LogP contribution >= 0.6 is 11.3 Å². The summed E-state index contributed by atoms with van der Waals surface area (Å²) < 4.78 is 6.27. The van der Waals surface area contributed by atoms with Gasteiger partial charge >= 0.3 is 0 Å². The van der Waals surface area contributed by atoms with Crippen LogP contribution in [-0.4, -0.2) is 24.8 Å². The smallest absolute Gasteiger partial charge is 0.0837 e. The second-order valence-corrected chi connectivity index (χ2v) is 6.28. The van der Waals surface area contributed by atoms with Gasteiger partial charge in [0.25, 0.3) is 0 Å². The Kier molecular flexibility index (Phi) is 5.86. The maximum Gasteiger partial charge on any atom is 0.0837 e. The summed E-state index contributed by atoms with van der Waals surface area (Å²) in [5.41, 5.74) is 1.51. The molecule has 1 aliphatic carbocycles. The van der Waals surface area contributed by atoms with Crippen molar-refractivity contribution in [2.24, 2.45) is 0 Å². The van der Waals surface area contributed by atoms with Crippen molar-refractivity contribution in [3.8, 4) is 0 Å². The van der Waals surface area contributed by atoms with Gasteiger partial charge in [0.05, 0.1) is 5.60 Å². The lowest BCUT2D eigenvalue weighted by atomic mass is 9.77. The normalized spacial score (nSPS) is 20.3. The van der Waals surface area contributed by atoms with Gasteiger partial charge in [0, 0.05) is 12.6 Å². The molecule has 0 spiro atoms. The molecule has 0 bridgehead atoms. The molecule has 19 heavy (non-hydrogen) atoms. The minimum atomic E-state index is 0.0605. The Labute approximate surface area is 121 Å². The highest BCUT2D eigenvalue weighted by molar-refractivity contribution is 7.07. The van der Waals surface area contributed by atoms with Crippen molar-refractivity contribution in [3.63, 3.8) is 0 Å². The highest BCUT2D eigenvalue weighted by Crippen LogP contribution is 2.36. The number of likely N-dealkylation sites (N-methyl/N-ethyl adjacent to an activating group) is 1. The quantitative estimate of drug-likeness (QED) is 0.815. The van der Waals surface area contributed by atoms with Crippen LogP contribution in [0.4, 0.5) is 0 Å². The molecule has 0 saturated heterocycles. The molecular weight excluding hydrogens is 254 g/mol. The number of hydrogen-bond acceptors (Lipinski definition) is 3.